The molecule has 1 heterocycles. The van der Waals surface area contributed by atoms with E-state index >= 15 is 0 Å². The molecular weight excluding hydrogens is 176 g/mol. The van der Waals surface area contributed by atoms with E-state index in [0.29, 0.717) is 11.8 Å². The molecule has 0 amide bonds. The molecule has 3 nitrogen and oxygen atoms in total. The van der Waals surface area contributed by atoms with Crippen molar-refractivity contribution in [2.75, 3.05) is 6.54 Å². The molecule has 1 saturated carbocycles. The maximum absolute atomic E-state index is 5.71. The Bertz CT molecular complexity index is 335. The lowest BCUT2D eigenvalue weighted by atomic mass is 10.1. The van der Waals surface area contributed by atoms with Crippen molar-refractivity contribution in [1.29, 1.82) is 0 Å². The number of aromatic nitrogens is 1. The highest BCUT2D eigenvalue weighted by Crippen LogP contribution is 2.63. The van der Waals surface area contributed by atoms with Gasteiger partial charge in [-0.15, -0.1) is 0 Å². The van der Waals surface area contributed by atoms with Crippen LogP contribution in [0.3, 0.4) is 0 Å². The van der Waals surface area contributed by atoms with Crippen molar-refractivity contribution in [3.63, 3.8) is 0 Å². The number of hydrogen-bond acceptors (Lipinski definition) is 3. The zero-order chi connectivity index (χ0) is 10.5. The van der Waals surface area contributed by atoms with Crippen LogP contribution in [-0.4, -0.2) is 11.5 Å². The Hall–Kier alpha value is -0.830. The second kappa shape index (κ2) is 2.83. The van der Waals surface area contributed by atoms with E-state index in [-0.39, 0.29) is 5.41 Å². The van der Waals surface area contributed by atoms with Gasteiger partial charge in [-0.05, 0) is 31.7 Å². The highest BCUT2D eigenvalue weighted by atomic mass is 16.4. The van der Waals surface area contributed by atoms with E-state index in [9.17, 15) is 0 Å². The maximum Gasteiger partial charge on any atom is 0.198 e. The molecule has 0 aliphatic heterocycles. The fraction of sp³-hybridized carbons (Fsp3) is 0.727. The third-order valence-corrected chi connectivity index (χ3v) is 3.62. The van der Waals surface area contributed by atoms with E-state index in [1.54, 1.807) is 0 Å². The van der Waals surface area contributed by atoms with Crippen LogP contribution in [0.4, 0.5) is 0 Å². The van der Waals surface area contributed by atoms with E-state index in [1.165, 1.54) is 0 Å². The molecule has 0 aromatic carbocycles. The molecule has 2 atom stereocenters. The molecular formula is C11H18N2O. The van der Waals surface area contributed by atoms with E-state index in [1.807, 2.05) is 13.8 Å². The monoisotopic (exact) mass is 194 g/mol. The summed E-state index contributed by atoms with van der Waals surface area (Å²) in [6.45, 7) is 9.11. The largest absolute Gasteiger partial charge is 0.445 e. The van der Waals surface area contributed by atoms with Gasteiger partial charge in [-0.2, -0.15) is 0 Å². The van der Waals surface area contributed by atoms with Gasteiger partial charge >= 0.3 is 0 Å². The Morgan fingerprint density at radius 2 is 2.07 bits per heavy atom. The summed E-state index contributed by atoms with van der Waals surface area (Å²) in [6.07, 6.45) is 0. The third-order valence-electron chi connectivity index (χ3n) is 3.62. The summed E-state index contributed by atoms with van der Waals surface area (Å²) in [6, 6.07) is 0. The summed E-state index contributed by atoms with van der Waals surface area (Å²) < 4.78 is 5.64. The Morgan fingerprint density at radius 3 is 2.43 bits per heavy atom. The number of aryl methyl sites for hydroxylation is 2. The van der Waals surface area contributed by atoms with Crippen LogP contribution in [0.25, 0.3) is 0 Å². The summed E-state index contributed by atoms with van der Waals surface area (Å²) in [7, 11) is 0. The summed E-state index contributed by atoms with van der Waals surface area (Å²) in [4.78, 5) is 4.44. The topological polar surface area (TPSA) is 52.0 Å². The van der Waals surface area contributed by atoms with E-state index in [0.717, 1.165) is 23.9 Å². The van der Waals surface area contributed by atoms with Crippen LogP contribution < -0.4 is 5.73 Å². The number of rotatable bonds is 2. The highest BCUT2D eigenvalue weighted by Gasteiger charge is 2.60. The maximum atomic E-state index is 5.71. The van der Waals surface area contributed by atoms with Gasteiger partial charge in [-0.3, -0.25) is 0 Å². The molecule has 2 rings (SSSR count). The summed E-state index contributed by atoms with van der Waals surface area (Å²) in [5.41, 5.74) is 6.97. The summed E-state index contributed by atoms with van der Waals surface area (Å²) >= 11 is 0. The quantitative estimate of drug-likeness (QED) is 0.783. The van der Waals surface area contributed by atoms with Gasteiger partial charge < -0.3 is 10.2 Å². The number of nitrogens with two attached hydrogens (primary N) is 1. The Morgan fingerprint density at radius 1 is 1.43 bits per heavy atom. The lowest BCUT2D eigenvalue weighted by Gasteiger charge is -1.97. The molecule has 1 fully saturated rings. The molecule has 2 N–H and O–H groups in total. The molecule has 14 heavy (non-hydrogen) atoms. The van der Waals surface area contributed by atoms with Gasteiger partial charge in [0.05, 0.1) is 5.69 Å². The SMILES string of the molecule is Cc1nc(C2C(CN)C2(C)C)oc1C. The molecule has 0 radical (unpaired) electrons. The van der Waals surface area contributed by atoms with Gasteiger partial charge in [0.2, 0.25) is 0 Å². The molecule has 1 aliphatic rings. The molecule has 1 aliphatic carbocycles. The highest BCUT2D eigenvalue weighted by molar-refractivity contribution is 5.22. The molecule has 2 unspecified atom stereocenters. The van der Waals surface area contributed by atoms with Gasteiger partial charge in [0.25, 0.3) is 0 Å². The summed E-state index contributed by atoms with van der Waals surface area (Å²) in [5.74, 6) is 2.75. The van der Waals surface area contributed by atoms with E-state index in [4.69, 9.17) is 10.2 Å². The molecule has 0 saturated heterocycles. The van der Waals surface area contributed by atoms with Crippen LogP contribution in [0, 0.1) is 25.2 Å². The number of hydrogen-bond donors (Lipinski definition) is 1. The number of nitrogens with zero attached hydrogens (tertiary/aromatic N) is 1. The van der Waals surface area contributed by atoms with Crippen molar-refractivity contribution in [2.24, 2.45) is 17.1 Å². The lowest BCUT2D eigenvalue weighted by molar-refractivity contribution is 0.449. The molecule has 1 aromatic rings. The van der Waals surface area contributed by atoms with E-state index < -0.39 is 0 Å². The van der Waals surface area contributed by atoms with Crippen molar-refractivity contribution in [3.8, 4) is 0 Å². The first-order valence-corrected chi connectivity index (χ1v) is 5.12. The Kier molecular flexibility index (Phi) is 1.96. The fourth-order valence-electron chi connectivity index (χ4n) is 2.30. The zero-order valence-corrected chi connectivity index (χ0v) is 9.29. The minimum atomic E-state index is 0.262. The summed E-state index contributed by atoms with van der Waals surface area (Å²) in [5, 5.41) is 0. The minimum absolute atomic E-state index is 0.262. The first kappa shape index (κ1) is 9.71. The Labute approximate surface area is 84.7 Å². The molecule has 0 spiro atoms. The normalized spacial score (nSPS) is 29.2. The van der Waals surface area contributed by atoms with Gasteiger partial charge in [0.15, 0.2) is 5.89 Å². The first-order valence-electron chi connectivity index (χ1n) is 5.12. The first-order chi connectivity index (χ1) is 6.48. The third kappa shape index (κ3) is 1.19. The van der Waals surface area contributed by atoms with Crippen molar-refractivity contribution < 1.29 is 4.42 Å². The lowest BCUT2D eigenvalue weighted by Crippen LogP contribution is -2.05. The van der Waals surface area contributed by atoms with Crippen LogP contribution in [0.5, 0.6) is 0 Å². The van der Waals surface area contributed by atoms with Gasteiger partial charge in [-0.1, -0.05) is 13.8 Å². The van der Waals surface area contributed by atoms with Crippen LogP contribution >= 0.6 is 0 Å². The van der Waals surface area contributed by atoms with Crippen molar-refractivity contribution in [3.05, 3.63) is 17.3 Å². The Balaban J connectivity index is 2.26. The van der Waals surface area contributed by atoms with E-state index in [2.05, 4.69) is 18.8 Å². The van der Waals surface area contributed by atoms with Crippen molar-refractivity contribution in [2.45, 2.75) is 33.6 Å². The minimum Gasteiger partial charge on any atom is -0.445 e. The van der Waals surface area contributed by atoms with Crippen LogP contribution in [0.15, 0.2) is 4.42 Å². The van der Waals surface area contributed by atoms with Crippen LogP contribution in [0.1, 0.15) is 37.1 Å². The second-order valence-electron chi connectivity index (χ2n) is 4.83. The molecule has 1 aromatic heterocycles. The predicted octanol–water partition coefficient (Wildman–Crippen LogP) is 1.99. The number of oxazole rings is 1. The zero-order valence-electron chi connectivity index (χ0n) is 9.29. The van der Waals surface area contributed by atoms with Crippen molar-refractivity contribution >= 4 is 0 Å². The smallest absolute Gasteiger partial charge is 0.198 e. The average Bonchev–Trinajstić information content (AvgIpc) is 2.50. The predicted molar refractivity (Wildman–Crippen MR) is 55.0 cm³/mol. The fourth-order valence-corrected chi connectivity index (χ4v) is 2.30. The van der Waals surface area contributed by atoms with Gasteiger partial charge in [0, 0.05) is 5.92 Å². The van der Waals surface area contributed by atoms with Crippen LogP contribution in [0.2, 0.25) is 0 Å². The van der Waals surface area contributed by atoms with Gasteiger partial charge in [-0.25, -0.2) is 4.98 Å². The van der Waals surface area contributed by atoms with Crippen LogP contribution in [-0.2, 0) is 0 Å². The molecule has 78 valence electrons. The van der Waals surface area contributed by atoms with Crippen molar-refractivity contribution in [1.82, 2.24) is 4.98 Å². The standard InChI is InChI=1S/C11H18N2O/c1-6-7(2)14-10(13-6)9-8(5-12)11(9,3)4/h8-9H,5,12H2,1-4H3. The molecule has 0 bridgehead atoms. The van der Waals surface area contributed by atoms with Gasteiger partial charge in [0.1, 0.15) is 5.76 Å². The molecule has 3 heteroatoms. The average molecular weight is 194 g/mol. The second-order valence-corrected chi connectivity index (χ2v) is 4.83.